The van der Waals surface area contributed by atoms with Gasteiger partial charge in [0.1, 0.15) is 0 Å². The fraction of sp³-hybridized carbons (Fsp3) is 0.278. The maximum absolute atomic E-state index is 11.7. The molecule has 0 spiro atoms. The van der Waals surface area contributed by atoms with Crippen molar-refractivity contribution in [2.75, 3.05) is 13.7 Å². The average molecular weight is 379 g/mol. The summed E-state index contributed by atoms with van der Waals surface area (Å²) in [5.41, 5.74) is 1.57. The van der Waals surface area contributed by atoms with Crippen molar-refractivity contribution in [2.45, 2.75) is 19.3 Å². The normalized spacial score (nSPS) is 11.8. The van der Waals surface area contributed by atoms with Gasteiger partial charge in [0.05, 0.1) is 19.6 Å². The predicted octanol–water partition coefficient (Wildman–Crippen LogP) is 4.27. The first-order valence-corrected chi connectivity index (χ1v) is 8.13. The van der Waals surface area contributed by atoms with Crippen molar-refractivity contribution in [3.05, 3.63) is 58.1 Å². The lowest BCUT2D eigenvalue weighted by Gasteiger charge is -2.18. The molecule has 0 saturated heterocycles. The maximum atomic E-state index is 11.7. The van der Waals surface area contributed by atoms with Gasteiger partial charge >= 0.3 is 5.97 Å². The van der Waals surface area contributed by atoms with E-state index in [4.69, 9.17) is 9.47 Å². The molecule has 4 nitrogen and oxygen atoms in total. The molecule has 2 aromatic carbocycles. The fourth-order valence-electron chi connectivity index (χ4n) is 2.49. The molecule has 0 aromatic heterocycles. The standard InChI is InChI=1S/C18H19BrO4/c1-3-23-17-13(9-14(19)11-16(17)22-2)10-15(18(20)21)12-7-5-4-6-8-12/h4-9,11,15H,3,10H2,1-2H3,(H,20,21). The lowest BCUT2D eigenvalue weighted by atomic mass is 9.91. The lowest BCUT2D eigenvalue weighted by Crippen LogP contribution is -2.15. The monoisotopic (exact) mass is 378 g/mol. The van der Waals surface area contributed by atoms with Crippen LogP contribution in [-0.4, -0.2) is 24.8 Å². The summed E-state index contributed by atoms with van der Waals surface area (Å²) in [6, 6.07) is 12.9. The number of hydrogen-bond acceptors (Lipinski definition) is 3. The van der Waals surface area contributed by atoms with E-state index in [1.807, 2.05) is 49.4 Å². The second-order valence-corrected chi connectivity index (χ2v) is 5.95. The van der Waals surface area contributed by atoms with Crippen molar-refractivity contribution in [3.8, 4) is 11.5 Å². The van der Waals surface area contributed by atoms with Gasteiger partial charge in [-0.15, -0.1) is 0 Å². The van der Waals surface area contributed by atoms with Crippen molar-refractivity contribution >= 4 is 21.9 Å². The summed E-state index contributed by atoms with van der Waals surface area (Å²) in [4.78, 5) is 11.7. The highest BCUT2D eigenvalue weighted by Crippen LogP contribution is 2.37. The van der Waals surface area contributed by atoms with E-state index in [0.717, 1.165) is 15.6 Å². The first kappa shape index (κ1) is 17.3. The Kier molecular flexibility index (Phi) is 6.04. The van der Waals surface area contributed by atoms with E-state index in [0.29, 0.717) is 24.5 Å². The number of carbonyl (C=O) groups is 1. The second-order valence-electron chi connectivity index (χ2n) is 5.03. The Morgan fingerprint density at radius 2 is 1.96 bits per heavy atom. The zero-order valence-corrected chi connectivity index (χ0v) is 14.7. The molecule has 0 radical (unpaired) electrons. The third-order valence-electron chi connectivity index (χ3n) is 3.53. The zero-order valence-electron chi connectivity index (χ0n) is 13.1. The van der Waals surface area contributed by atoms with Gasteiger partial charge in [-0.1, -0.05) is 46.3 Å². The SMILES string of the molecule is CCOc1c(CC(C(=O)O)c2ccccc2)cc(Br)cc1OC. The van der Waals surface area contributed by atoms with Crippen LogP contribution in [-0.2, 0) is 11.2 Å². The van der Waals surface area contributed by atoms with Gasteiger partial charge in [0.15, 0.2) is 11.5 Å². The van der Waals surface area contributed by atoms with E-state index in [-0.39, 0.29) is 0 Å². The molecule has 2 aromatic rings. The number of benzene rings is 2. The second kappa shape index (κ2) is 8.02. The molecule has 1 atom stereocenters. The molecule has 1 N–H and O–H groups in total. The Balaban J connectivity index is 2.43. The van der Waals surface area contributed by atoms with Crippen LogP contribution in [0.1, 0.15) is 24.0 Å². The number of methoxy groups -OCH3 is 1. The lowest BCUT2D eigenvalue weighted by molar-refractivity contribution is -0.138. The smallest absolute Gasteiger partial charge is 0.311 e. The molecule has 0 bridgehead atoms. The van der Waals surface area contributed by atoms with E-state index in [1.165, 1.54) is 0 Å². The number of aliphatic carboxylic acids is 1. The van der Waals surface area contributed by atoms with Gasteiger partial charge < -0.3 is 14.6 Å². The summed E-state index contributed by atoms with van der Waals surface area (Å²) in [6.07, 6.45) is 0.324. The van der Waals surface area contributed by atoms with Crippen LogP contribution < -0.4 is 9.47 Å². The Morgan fingerprint density at radius 1 is 1.26 bits per heavy atom. The molecule has 0 aliphatic carbocycles. The van der Waals surface area contributed by atoms with Crippen LogP contribution in [0.25, 0.3) is 0 Å². The summed E-state index contributed by atoms with van der Waals surface area (Å²) in [5.74, 6) is -0.319. The minimum absolute atomic E-state index is 0.324. The Morgan fingerprint density at radius 3 is 2.52 bits per heavy atom. The van der Waals surface area contributed by atoms with Crippen LogP contribution in [0.4, 0.5) is 0 Å². The van der Waals surface area contributed by atoms with E-state index in [2.05, 4.69) is 15.9 Å². The summed E-state index contributed by atoms with van der Waals surface area (Å²) in [7, 11) is 1.57. The maximum Gasteiger partial charge on any atom is 0.311 e. The van der Waals surface area contributed by atoms with Crippen molar-refractivity contribution in [1.29, 1.82) is 0 Å². The van der Waals surface area contributed by atoms with Crippen molar-refractivity contribution in [3.63, 3.8) is 0 Å². The molecular weight excluding hydrogens is 360 g/mol. The van der Waals surface area contributed by atoms with Gasteiger partial charge in [-0.3, -0.25) is 4.79 Å². The summed E-state index contributed by atoms with van der Waals surface area (Å²) < 4.78 is 11.9. The molecular formula is C18H19BrO4. The van der Waals surface area contributed by atoms with Gasteiger partial charge in [-0.2, -0.15) is 0 Å². The third-order valence-corrected chi connectivity index (χ3v) is 3.99. The number of halogens is 1. The van der Waals surface area contributed by atoms with Crippen LogP contribution in [0.15, 0.2) is 46.9 Å². The fourth-order valence-corrected chi connectivity index (χ4v) is 2.97. The van der Waals surface area contributed by atoms with Gasteiger partial charge in [-0.25, -0.2) is 0 Å². The molecule has 0 aliphatic heterocycles. The highest BCUT2D eigenvalue weighted by atomic mass is 79.9. The van der Waals surface area contributed by atoms with Crippen LogP contribution >= 0.6 is 15.9 Å². The molecule has 0 aliphatic rings. The summed E-state index contributed by atoms with van der Waals surface area (Å²) in [5, 5.41) is 9.62. The minimum atomic E-state index is -0.863. The molecule has 122 valence electrons. The number of hydrogen-bond donors (Lipinski definition) is 1. The van der Waals surface area contributed by atoms with Crippen LogP contribution in [0.3, 0.4) is 0 Å². The van der Waals surface area contributed by atoms with Crippen LogP contribution in [0.2, 0.25) is 0 Å². The molecule has 0 heterocycles. The molecule has 0 fully saturated rings. The van der Waals surface area contributed by atoms with Gasteiger partial charge in [0.25, 0.3) is 0 Å². The van der Waals surface area contributed by atoms with E-state index >= 15 is 0 Å². The molecule has 0 saturated carbocycles. The van der Waals surface area contributed by atoms with E-state index in [1.54, 1.807) is 7.11 Å². The van der Waals surface area contributed by atoms with Crippen molar-refractivity contribution in [1.82, 2.24) is 0 Å². The van der Waals surface area contributed by atoms with Gasteiger partial charge in [0, 0.05) is 10.0 Å². The third kappa shape index (κ3) is 4.26. The molecule has 5 heteroatoms. The zero-order chi connectivity index (χ0) is 16.8. The Labute approximate surface area is 144 Å². The number of rotatable bonds is 7. The number of ether oxygens (including phenoxy) is 2. The average Bonchev–Trinajstić information content (AvgIpc) is 2.55. The molecule has 0 amide bonds. The first-order chi connectivity index (χ1) is 11.1. The first-order valence-electron chi connectivity index (χ1n) is 7.33. The molecule has 1 unspecified atom stereocenters. The van der Waals surface area contributed by atoms with Crippen molar-refractivity contribution < 1.29 is 19.4 Å². The van der Waals surface area contributed by atoms with Gasteiger partial charge in [0.2, 0.25) is 0 Å². The highest BCUT2D eigenvalue weighted by molar-refractivity contribution is 9.10. The summed E-state index contributed by atoms with van der Waals surface area (Å²) >= 11 is 3.44. The van der Waals surface area contributed by atoms with Crippen LogP contribution in [0.5, 0.6) is 11.5 Å². The quantitative estimate of drug-likeness (QED) is 0.781. The van der Waals surface area contributed by atoms with Gasteiger partial charge in [-0.05, 0) is 31.0 Å². The number of carboxylic acid groups (broad SMARTS) is 1. The Hall–Kier alpha value is -2.01. The largest absolute Gasteiger partial charge is 0.493 e. The topological polar surface area (TPSA) is 55.8 Å². The van der Waals surface area contributed by atoms with E-state index < -0.39 is 11.9 Å². The van der Waals surface area contributed by atoms with E-state index in [9.17, 15) is 9.90 Å². The van der Waals surface area contributed by atoms with Crippen molar-refractivity contribution in [2.24, 2.45) is 0 Å². The predicted molar refractivity (Wildman–Crippen MR) is 92.4 cm³/mol. The summed E-state index contributed by atoms with van der Waals surface area (Å²) in [6.45, 7) is 2.37. The molecule has 23 heavy (non-hydrogen) atoms. The number of carboxylic acids is 1. The van der Waals surface area contributed by atoms with Crippen LogP contribution in [0, 0.1) is 0 Å². The molecule has 2 rings (SSSR count). The Bertz CT molecular complexity index is 670. The highest BCUT2D eigenvalue weighted by Gasteiger charge is 2.23. The minimum Gasteiger partial charge on any atom is -0.493 e.